The summed E-state index contributed by atoms with van der Waals surface area (Å²) in [6.07, 6.45) is 0. The molecule has 0 aliphatic heterocycles. The van der Waals surface area contributed by atoms with Gasteiger partial charge in [0.2, 0.25) is 5.95 Å². The van der Waals surface area contributed by atoms with Crippen LogP contribution in [0.25, 0.3) is 11.3 Å². The molecule has 4 aromatic rings. The van der Waals surface area contributed by atoms with Crippen molar-refractivity contribution in [1.29, 1.82) is 0 Å². The molecule has 0 fully saturated rings. The zero-order valence-electron chi connectivity index (χ0n) is 15.8. The molecule has 8 heteroatoms. The van der Waals surface area contributed by atoms with E-state index >= 15 is 0 Å². The van der Waals surface area contributed by atoms with Crippen LogP contribution in [0.2, 0.25) is 0 Å². The van der Waals surface area contributed by atoms with Crippen LogP contribution in [-0.2, 0) is 0 Å². The van der Waals surface area contributed by atoms with Gasteiger partial charge in [0.05, 0.1) is 5.69 Å². The lowest BCUT2D eigenvalue weighted by atomic mass is 10.1. The van der Waals surface area contributed by atoms with Crippen LogP contribution >= 0.6 is 0 Å². The lowest BCUT2D eigenvalue weighted by molar-refractivity contribution is -0.991. The van der Waals surface area contributed by atoms with Crippen LogP contribution in [-0.4, -0.2) is 15.2 Å². The van der Waals surface area contributed by atoms with Crippen LogP contribution < -0.4 is 21.0 Å². The van der Waals surface area contributed by atoms with E-state index in [1.807, 2.05) is 48.5 Å². The number of ether oxygens (including phenoxy) is 1. The summed E-state index contributed by atoms with van der Waals surface area (Å²) >= 11 is 0. The number of quaternary nitrogens is 1. The standard InChI is InChI=1S/C22H19N5O3/c23-22-25-20(15-4-2-1-3-5-15)14-21(26-22)24-16-6-10-18(11-7-16)30-19-12-8-17(9-13-19)27(28)29/h1-14,27-28H,(H3,23,24,25,26). The molecule has 0 saturated carbocycles. The van der Waals surface area contributed by atoms with Gasteiger partial charge in [-0.05, 0) is 36.4 Å². The molecule has 1 heterocycles. The van der Waals surface area contributed by atoms with E-state index < -0.39 is 5.23 Å². The van der Waals surface area contributed by atoms with Gasteiger partial charge in [-0.1, -0.05) is 30.3 Å². The minimum Gasteiger partial charge on any atom is -0.595 e. The molecule has 0 spiro atoms. The number of nitrogens with one attached hydrogen (secondary N) is 2. The van der Waals surface area contributed by atoms with Crippen molar-refractivity contribution in [1.82, 2.24) is 9.97 Å². The maximum atomic E-state index is 10.9. The normalized spacial score (nSPS) is 11.7. The van der Waals surface area contributed by atoms with E-state index in [0.29, 0.717) is 17.3 Å². The molecule has 3 aromatic carbocycles. The second-order valence-electron chi connectivity index (χ2n) is 6.44. The first-order valence-corrected chi connectivity index (χ1v) is 9.15. The Morgan fingerprint density at radius 1 is 0.867 bits per heavy atom. The van der Waals surface area contributed by atoms with Gasteiger partial charge in [0.25, 0.3) is 0 Å². The highest BCUT2D eigenvalue weighted by Gasteiger charge is 2.06. The molecule has 5 N–H and O–H groups in total. The van der Waals surface area contributed by atoms with Crippen molar-refractivity contribution in [2.24, 2.45) is 0 Å². The molecule has 1 atom stereocenters. The highest BCUT2D eigenvalue weighted by molar-refractivity contribution is 5.67. The van der Waals surface area contributed by atoms with E-state index in [1.165, 1.54) is 12.1 Å². The summed E-state index contributed by atoms with van der Waals surface area (Å²) in [6.45, 7) is 0. The first kappa shape index (κ1) is 19.3. The van der Waals surface area contributed by atoms with Crippen molar-refractivity contribution in [3.63, 3.8) is 0 Å². The lowest BCUT2D eigenvalue weighted by Crippen LogP contribution is -2.99. The van der Waals surface area contributed by atoms with Crippen molar-refractivity contribution in [3.05, 3.63) is 90.1 Å². The molecule has 1 unspecified atom stereocenters. The molecule has 8 nitrogen and oxygen atoms in total. The summed E-state index contributed by atoms with van der Waals surface area (Å²) in [4.78, 5) is 8.54. The van der Waals surface area contributed by atoms with Gasteiger partial charge in [0.1, 0.15) is 17.3 Å². The Bertz CT molecular complexity index is 1120. The number of nitrogens with two attached hydrogens (primary N) is 1. The fourth-order valence-electron chi connectivity index (χ4n) is 2.84. The zero-order valence-corrected chi connectivity index (χ0v) is 15.8. The molecule has 1 aromatic heterocycles. The maximum absolute atomic E-state index is 10.9. The fraction of sp³-hybridized carbons (Fsp3) is 0. The Hall–Kier alpha value is -3.98. The first-order chi connectivity index (χ1) is 14.6. The highest BCUT2D eigenvalue weighted by Crippen LogP contribution is 2.26. The minimum atomic E-state index is -0.974. The Morgan fingerprint density at radius 3 is 2.13 bits per heavy atom. The Kier molecular flexibility index (Phi) is 5.53. The molecule has 0 saturated heterocycles. The second-order valence-corrected chi connectivity index (χ2v) is 6.44. The largest absolute Gasteiger partial charge is 0.595 e. The molecule has 0 aliphatic rings. The van der Waals surface area contributed by atoms with E-state index in [1.54, 1.807) is 24.3 Å². The van der Waals surface area contributed by atoms with Gasteiger partial charge in [0.15, 0.2) is 5.69 Å². The van der Waals surface area contributed by atoms with Gasteiger partial charge in [-0.25, -0.2) is 10.2 Å². The third-order valence-corrected chi connectivity index (χ3v) is 4.28. The lowest BCUT2D eigenvalue weighted by Gasteiger charge is -2.12. The van der Waals surface area contributed by atoms with Gasteiger partial charge < -0.3 is 21.0 Å². The summed E-state index contributed by atoms with van der Waals surface area (Å²) in [6, 6.07) is 25.1. The first-order valence-electron chi connectivity index (χ1n) is 9.15. The quantitative estimate of drug-likeness (QED) is 0.364. The van der Waals surface area contributed by atoms with Gasteiger partial charge in [0, 0.05) is 29.4 Å². The van der Waals surface area contributed by atoms with E-state index in [2.05, 4.69) is 15.3 Å². The fourth-order valence-corrected chi connectivity index (χ4v) is 2.84. The molecule has 0 aliphatic carbocycles. The number of rotatable bonds is 6. The number of anilines is 3. The van der Waals surface area contributed by atoms with E-state index in [0.717, 1.165) is 16.9 Å². The Morgan fingerprint density at radius 2 is 1.50 bits per heavy atom. The third-order valence-electron chi connectivity index (χ3n) is 4.28. The summed E-state index contributed by atoms with van der Waals surface area (Å²) in [5.41, 5.74) is 8.57. The van der Waals surface area contributed by atoms with Gasteiger partial charge in [-0.15, -0.1) is 0 Å². The molecular weight excluding hydrogens is 382 g/mol. The van der Waals surface area contributed by atoms with Crippen molar-refractivity contribution in [3.8, 4) is 22.8 Å². The monoisotopic (exact) mass is 401 g/mol. The number of nitrogens with zero attached hydrogens (tertiary/aromatic N) is 2. The molecule has 0 amide bonds. The van der Waals surface area contributed by atoms with Crippen molar-refractivity contribution in [2.75, 3.05) is 11.1 Å². The molecule has 0 radical (unpaired) electrons. The summed E-state index contributed by atoms with van der Waals surface area (Å²) in [5.74, 6) is 1.94. The average Bonchev–Trinajstić information content (AvgIpc) is 2.76. The molecular formula is C22H19N5O3. The average molecular weight is 401 g/mol. The van der Waals surface area contributed by atoms with Crippen LogP contribution in [0.4, 0.5) is 23.1 Å². The second kappa shape index (κ2) is 8.58. The summed E-state index contributed by atoms with van der Waals surface area (Å²) < 4.78 is 5.75. The number of benzene rings is 3. The van der Waals surface area contributed by atoms with Crippen LogP contribution in [0, 0.1) is 5.21 Å². The molecule has 150 valence electrons. The van der Waals surface area contributed by atoms with Crippen LogP contribution in [0.1, 0.15) is 0 Å². The van der Waals surface area contributed by atoms with Crippen molar-refractivity contribution < 1.29 is 15.2 Å². The maximum Gasteiger partial charge on any atom is 0.222 e. The number of nitrogen functional groups attached to an aromatic ring is 1. The van der Waals surface area contributed by atoms with Gasteiger partial charge in [-0.3, -0.25) is 0 Å². The highest BCUT2D eigenvalue weighted by atomic mass is 16.8. The predicted molar refractivity (Wildman–Crippen MR) is 114 cm³/mol. The smallest absolute Gasteiger partial charge is 0.222 e. The van der Waals surface area contributed by atoms with Crippen molar-refractivity contribution in [2.45, 2.75) is 0 Å². The van der Waals surface area contributed by atoms with Gasteiger partial charge in [-0.2, -0.15) is 10.2 Å². The Balaban J connectivity index is 1.46. The molecule has 4 rings (SSSR count). The van der Waals surface area contributed by atoms with E-state index in [9.17, 15) is 5.21 Å². The number of hydrogen-bond donors (Lipinski definition) is 4. The van der Waals surface area contributed by atoms with Crippen LogP contribution in [0.5, 0.6) is 11.5 Å². The summed E-state index contributed by atoms with van der Waals surface area (Å²) in [7, 11) is 0. The zero-order chi connectivity index (χ0) is 20.9. The molecule has 30 heavy (non-hydrogen) atoms. The topological polar surface area (TPSA) is 121 Å². The van der Waals surface area contributed by atoms with Gasteiger partial charge >= 0.3 is 0 Å². The van der Waals surface area contributed by atoms with Crippen molar-refractivity contribution >= 4 is 23.1 Å². The van der Waals surface area contributed by atoms with Crippen LogP contribution in [0.15, 0.2) is 84.9 Å². The minimum absolute atomic E-state index is 0.184. The van der Waals surface area contributed by atoms with E-state index in [4.69, 9.17) is 15.7 Å². The number of aromatic nitrogens is 2. The Labute approximate surface area is 172 Å². The summed E-state index contributed by atoms with van der Waals surface area (Å²) in [5, 5.41) is 22.1. The van der Waals surface area contributed by atoms with E-state index in [-0.39, 0.29) is 11.6 Å². The number of hydrogen-bond acceptors (Lipinski definition) is 7. The molecule has 0 bridgehead atoms. The van der Waals surface area contributed by atoms with Crippen LogP contribution in [0.3, 0.4) is 0 Å². The third kappa shape index (κ3) is 4.70. The SMILES string of the molecule is Nc1nc(Nc2ccc(Oc3ccc([NH+]([O-])O)cc3)cc2)cc(-c2ccccc2)n1. The predicted octanol–water partition coefficient (Wildman–Crippen LogP) is 3.67.